The van der Waals surface area contributed by atoms with Crippen molar-refractivity contribution in [1.82, 2.24) is 9.97 Å². The Kier molecular flexibility index (Phi) is 2.72. The number of hydrogen-bond donors (Lipinski definition) is 2. The van der Waals surface area contributed by atoms with Gasteiger partial charge in [-0.2, -0.15) is 0 Å². The summed E-state index contributed by atoms with van der Waals surface area (Å²) in [6.07, 6.45) is 0. The van der Waals surface area contributed by atoms with E-state index in [4.69, 9.17) is 17.3 Å². The largest absolute Gasteiger partial charge is 0.366 e. The second-order valence-corrected chi connectivity index (χ2v) is 4.58. The van der Waals surface area contributed by atoms with Crippen molar-refractivity contribution in [2.24, 2.45) is 5.73 Å². The number of halogens is 1. The number of benzene rings is 2. The highest BCUT2D eigenvalue weighted by molar-refractivity contribution is 6.35. The minimum absolute atomic E-state index is 0.362. The number of carbonyl (C=O) groups excluding carboxylic acids is 1. The molecule has 5 heteroatoms. The molecule has 0 aliphatic carbocycles. The predicted molar refractivity (Wildman–Crippen MR) is 75.1 cm³/mol. The van der Waals surface area contributed by atoms with Crippen LogP contribution in [0.1, 0.15) is 10.4 Å². The molecular formula is C14H10ClN3O. The monoisotopic (exact) mass is 271 g/mol. The van der Waals surface area contributed by atoms with Gasteiger partial charge < -0.3 is 10.7 Å². The van der Waals surface area contributed by atoms with Crippen LogP contribution in [-0.2, 0) is 0 Å². The number of H-pyrrole nitrogens is 1. The molecule has 1 aromatic heterocycles. The van der Waals surface area contributed by atoms with Crippen LogP contribution in [-0.4, -0.2) is 15.9 Å². The maximum Gasteiger partial charge on any atom is 0.248 e. The van der Waals surface area contributed by atoms with Crippen molar-refractivity contribution in [3.63, 3.8) is 0 Å². The van der Waals surface area contributed by atoms with Crippen LogP contribution in [0.5, 0.6) is 0 Å². The molecule has 0 saturated heterocycles. The molecule has 19 heavy (non-hydrogen) atoms. The Hall–Kier alpha value is -2.33. The van der Waals surface area contributed by atoms with Gasteiger partial charge in [-0.05, 0) is 12.1 Å². The van der Waals surface area contributed by atoms with Gasteiger partial charge in [0.2, 0.25) is 5.91 Å². The second-order valence-electron chi connectivity index (χ2n) is 4.17. The van der Waals surface area contributed by atoms with E-state index in [-0.39, 0.29) is 0 Å². The first-order valence-electron chi connectivity index (χ1n) is 5.69. The number of hydrogen-bond acceptors (Lipinski definition) is 2. The first-order chi connectivity index (χ1) is 9.15. The maximum absolute atomic E-state index is 11.2. The first kappa shape index (κ1) is 11.7. The molecule has 0 bridgehead atoms. The van der Waals surface area contributed by atoms with Gasteiger partial charge in [0.15, 0.2) is 0 Å². The summed E-state index contributed by atoms with van der Waals surface area (Å²) in [6.45, 7) is 0. The molecule has 0 fully saturated rings. The van der Waals surface area contributed by atoms with E-state index in [1.54, 1.807) is 6.07 Å². The molecule has 3 aromatic rings. The molecule has 1 heterocycles. The van der Waals surface area contributed by atoms with E-state index in [1.165, 1.54) is 6.07 Å². The molecule has 0 unspecified atom stereocenters. The van der Waals surface area contributed by atoms with E-state index in [9.17, 15) is 4.79 Å². The minimum Gasteiger partial charge on any atom is -0.366 e. The molecule has 1 amide bonds. The Morgan fingerprint density at radius 3 is 2.63 bits per heavy atom. The molecule has 4 nitrogen and oxygen atoms in total. The molecule has 3 N–H and O–H groups in total. The lowest BCUT2D eigenvalue weighted by atomic mass is 10.2. The Balaban J connectivity index is 2.21. The van der Waals surface area contributed by atoms with Gasteiger partial charge in [-0.3, -0.25) is 4.79 Å². The fraction of sp³-hybridized carbons (Fsp3) is 0. The molecule has 0 radical (unpaired) electrons. The quantitative estimate of drug-likeness (QED) is 0.752. The lowest BCUT2D eigenvalue weighted by molar-refractivity contribution is 0.100. The molecule has 0 spiro atoms. The number of aromatic nitrogens is 2. The standard InChI is InChI=1S/C14H10ClN3O/c15-10-6-9(13(16)19)7-11-12(10)18-14(17-11)8-4-2-1-3-5-8/h1-7H,(H2,16,19)(H,17,18). The Morgan fingerprint density at radius 1 is 1.21 bits per heavy atom. The average molecular weight is 272 g/mol. The van der Waals surface area contributed by atoms with Gasteiger partial charge in [0, 0.05) is 11.1 Å². The van der Waals surface area contributed by atoms with Crippen LogP contribution < -0.4 is 5.73 Å². The van der Waals surface area contributed by atoms with Crippen molar-refractivity contribution < 1.29 is 4.79 Å². The molecule has 0 saturated carbocycles. The molecule has 0 atom stereocenters. The van der Waals surface area contributed by atoms with Crippen LogP contribution >= 0.6 is 11.6 Å². The lowest BCUT2D eigenvalue weighted by Crippen LogP contribution is -2.10. The summed E-state index contributed by atoms with van der Waals surface area (Å²) in [4.78, 5) is 18.8. The van der Waals surface area contributed by atoms with Crippen LogP contribution in [0.25, 0.3) is 22.4 Å². The summed E-state index contributed by atoms with van der Waals surface area (Å²) < 4.78 is 0. The molecule has 0 aliphatic heterocycles. The normalized spacial score (nSPS) is 10.8. The van der Waals surface area contributed by atoms with E-state index in [2.05, 4.69) is 9.97 Å². The lowest BCUT2D eigenvalue weighted by Gasteiger charge is -1.97. The third kappa shape index (κ3) is 2.06. The van der Waals surface area contributed by atoms with Gasteiger partial charge in [-0.15, -0.1) is 0 Å². The molecular weight excluding hydrogens is 262 g/mol. The van der Waals surface area contributed by atoms with Crippen molar-refractivity contribution in [2.75, 3.05) is 0 Å². The Labute approximate surface area is 114 Å². The van der Waals surface area contributed by atoms with Crippen molar-refractivity contribution in [2.45, 2.75) is 0 Å². The van der Waals surface area contributed by atoms with E-state index in [0.29, 0.717) is 27.4 Å². The van der Waals surface area contributed by atoms with Gasteiger partial charge in [0.25, 0.3) is 0 Å². The van der Waals surface area contributed by atoms with Gasteiger partial charge >= 0.3 is 0 Å². The SMILES string of the molecule is NC(=O)c1cc(Cl)c2nc(-c3ccccc3)[nH]c2c1. The van der Waals surface area contributed by atoms with Gasteiger partial charge in [0.05, 0.1) is 10.5 Å². The number of primary amides is 1. The summed E-state index contributed by atoms with van der Waals surface area (Å²) in [5.41, 5.74) is 7.90. The zero-order valence-electron chi connectivity index (χ0n) is 9.85. The summed E-state index contributed by atoms with van der Waals surface area (Å²) >= 11 is 6.12. The number of nitrogens with one attached hydrogen (secondary N) is 1. The van der Waals surface area contributed by atoms with Crippen LogP contribution in [0, 0.1) is 0 Å². The smallest absolute Gasteiger partial charge is 0.248 e. The topological polar surface area (TPSA) is 71.8 Å². The van der Waals surface area contributed by atoms with Crippen LogP contribution in [0.4, 0.5) is 0 Å². The number of nitrogens with two attached hydrogens (primary N) is 1. The summed E-state index contributed by atoms with van der Waals surface area (Å²) in [6, 6.07) is 12.9. The number of imidazole rings is 1. The fourth-order valence-electron chi connectivity index (χ4n) is 1.95. The highest BCUT2D eigenvalue weighted by Gasteiger charge is 2.11. The molecule has 0 aliphatic rings. The highest BCUT2D eigenvalue weighted by atomic mass is 35.5. The molecule has 2 aromatic carbocycles. The van der Waals surface area contributed by atoms with Gasteiger partial charge in [-0.25, -0.2) is 4.98 Å². The van der Waals surface area contributed by atoms with Crippen LogP contribution in [0.2, 0.25) is 5.02 Å². The van der Waals surface area contributed by atoms with E-state index in [1.807, 2.05) is 30.3 Å². The zero-order chi connectivity index (χ0) is 13.4. The second kappa shape index (κ2) is 4.40. The number of amides is 1. The molecule has 94 valence electrons. The first-order valence-corrected chi connectivity index (χ1v) is 6.07. The fourth-order valence-corrected chi connectivity index (χ4v) is 2.21. The van der Waals surface area contributed by atoms with Crippen molar-refractivity contribution in [3.8, 4) is 11.4 Å². The van der Waals surface area contributed by atoms with E-state index >= 15 is 0 Å². The maximum atomic E-state index is 11.2. The predicted octanol–water partition coefficient (Wildman–Crippen LogP) is 2.98. The number of carbonyl (C=O) groups is 1. The van der Waals surface area contributed by atoms with Crippen LogP contribution in [0.15, 0.2) is 42.5 Å². The number of fused-ring (bicyclic) bond motifs is 1. The molecule has 3 rings (SSSR count). The summed E-state index contributed by atoms with van der Waals surface area (Å²) in [7, 11) is 0. The van der Waals surface area contributed by atoms with Crippen molar-refractivity contribution in [1.29, 1.82) is 0 Å². The van der Waals surface area contributed by atoms with Crippen molar-refractivity contribution >= 4 is 28.5 Å². The van der Waals surface area contributed by atoms with Crippen molar-refractivity contribution in [3.05, 3.63) is 53.1 Å². The van der Waals surface area contributed by atoms with E-state index in [0.717, 1.165) is 5.56 Å². The average Bonchev–Trinajstić information content (AvgIpc) is 2.84. The van der Waals surface area contributed by atoms with Gasteiger partial charge in [-0.1, -0.05) is 41.9 Å². The van der Waals surface area contributed by atoms with Crippen LogP contribution in [0.3, 0.4) is 0 Å². The minimum atomic E-state index is -0.514. The Bertz CT molecular complexity index is 765. The third-order valence-electron chi connectivity index (χ3n) is 2.87. The number of nitrogens with zero attached hydrogens (tertiary/aromatic N) is 1. The highest BCUT2D eigenvalue weighted by Crippen LogP contribution is 2.27. The summed E-state index contributed by atoms with van der Waals surface area (Å²) in [5.74, 6) is 0.193. The Morgan fingerprint density at radius 2 is 1.95 bits per heavy atom. The van der Waals surface area contributed by atoms with Gasteiger partial charge in [0.1, 0.15) is 11.3 Å². The number of rotatable bonds is 2. The third-order valence-corrected chi connectivity index (χ3v) is 3.16. The summed E-state index contributed by atoms with van der Waals surface area (Å²) in [5, 5.41) is 0.407. The zero-order valence-corrected chi connectivity index (χ0v) is 10.6. The number of aromatic amines is 1. The van der Waals surface area contributed by atoms with E-state index < -0.39 is 5.91 Å².